The molecule has 0 spiro atoms. The number of anilines is 1. The Hall–Kier alpha value is -0.690. The molecule has 1 aliphatic rings. The van der Waals surface area contributed by atoms with Gasteiger partial charge in [0.15, 0.2) is 0 Å². The van der Waals surface area contributed by atoms with Gasteiger partial charge in [0, 0.05) is 24.7 Å². The summed E-state index contributed by atoms with van der Waals surface area (Å²) in [5.41, 5.74) is 2.52. The first kappa shape index (κ1) is 13.7. The summed E-state index contributed by atoms with van der Waals surface area (Å²) in [6.45, 7) is 2.32. The summed E-state index contributed by atoms with van der Waals surface area (Å²) < 4.78 is 0. The first-order valence-corrected chi connectivity index (χ1v) is 7.65. The van der Waals surface area contributed by atoms with Gasteiger partial charge in [-0.25, -0.2) is 0 Å². The summed E-state index contributed by atoms with van der Waals surface area (Å²) in [4.78, 5) is 2.45. The molecule has 18 heavy (non-hydrogen) atoms. The Morgan fingerprint density at radius 2 is 1.72 bits per heavy atom. The van der Waals surface area contributed by atoms with Crippen molar-refractivity contribution in [1.82, 2.24) is 0 Å². The lowest BCUT2D eigenvalue weighted by atomic mass is 9.84. The van der Waals surface area contributed by atoms with Crippen molar-refractivity contribution in [2.45, 2.75) is 50.9 Å². The Morgan fingerprint density at radius 1 is 1.11 bits per heavy atom. The monoisotopic (exact) mass is 265 g/mol. The van der Waals surface area contributed by atoms with Crippen LogP contribution in [0.25, 0.3) is 0 Å². The highest BCUT2D eigenvalue weighted by Gasteiger charge is 2.23. The number of hydrogen-bond acceptors (Lipinski definition) is 1. The predicted octanol–water partition coefficient (Wildman–Crippen LogP) is 4.83. The van der Waals surface area contributed by atoms with Crippen LogP contribution >= 0.6 is 11.6 Å². The number of rotatable bonds is 4. The molecule has 1 fully saturated rings. The van der Waals surface area contributed by atoms with Crippen molar-refractivity contribution in [2.24, 2.45) is 5.92 Å². The Balaban J connectivity index is 1.96. The van der Waals surface area contributed by atoms with Gasteiger partial charge in [-0.05, 0) is 49.3 Å². The third-order valence-corrected chi connectivity index (χ3v) is 4.75. The molecule has 0 atom stereocenters. The number of alkyl halides is 1. The molecule has 2 rings (SSSR count). The van der Waals surface area contributed by atoms with Crippen molar-refractivity contribution in [3.05, 3.63) is 29.8 Å². The molecular formula is C16H24ClN. The summed E-state index contributed by atoms with van der Waals surface area (Å²) in [7, 11) is 2.23. The van der Waals surface area contributed by atoms with Crippen LogP contribution < -0.4 is 4.90 Å². The van der Waals surface area contributed by atoms with Gasteiger partial charge in [-0.2, -0.15) is 0 Å². The maximum absolute atomic E-state index is 5.83. The smallest absolute Gasteiger partial charge is 0.0474 e. The van der Waals surface area contributed by atoms with Crippen LogP contribution in [-0.2, 0) is 5.88 Å². The minimum atomic E-state index is 0.603. The van der Waals surface area contributed by atoms with Crippen LogP contribution in [0.1, 0.15) is 44.6 Å². The molecule has 0 N–H and O–H groups in total. The van der Waals surface area contributed by atoms with E-state index in [4.69, 9.17) is 11.6 Å². The highest BCUT2D eigenvalue weighted by molar-refractivity contribution is 6.17. The standard InChI is InChI=1S/C16H24ClN/c1-3-13-4-8-15(9-5-13)18(2)16-10-6-14(12-17)7-11-16/h6-7,10-11,13,15H,3-5,8-9,12H2,1-2H3. The van der Waals surface area contributed by atoms with Crippen LogP contribution in [0, 0.1) is 5.92 Å². The van der Waals surface area contributed by atoms with Gasteiger partial charge in [0.1, 0.15) is 0 Å². The summed E-state index contributed by atoms with van der Waals surface area (Å²) >= 11 is 5.83. The molecule has 1 aromatic carbocycles. The quantitative estimate of drug-likeness (QED) is 0.705. The average molecular weight is 266 g/mol. The summed E-state index contributed by atoms with van der Waals surface area (Å²) in [5.74, 6) is 1.57. The third-order valence-electron chi connectivity index (χ3n) is 4.44. The van der Waals surface area contributed by atoms with E-state index in [0.717, 1.165) is 12.0 Å². The van der Waals surface area contributed by atoms with Gasteiger partial charge in [-0.3, -0.25) is 0 Å². The summed E-state index contributed by atoms with van der Waals surface area (Å²) in [6, 6.07) is 9.38. The lowest BCUT2D eigenvalue weighted by Gasteiger charge is -2.35. The maximum atomic E-state index is 5.83. The van der Waals surface area contributed by atoms with Gasteiger partial charge < -0.3 is 4.90 Å². The molecule has 0 radical (unpaired) electrons. The van der Waals surface area contributed by atoms with E-state index in [1.165, 1.54) is 43.4 Å². The van der Waals surface area contributed by atoms with Crippen LogP contribution in [0.15, 0.2) is 24.3 Å². The van der Waals surface area contributed by atoms with Gasteiger partial charge in [0.05, 0.1) is 0 Å². The number of hydrogen-bond donors (Lipinski definition) is 0. The van der Waals surface area contributed by atoms with E-state index in [-0.39, 0.29) is 0 Å². The molecule has 1 aliphatic carbocycles. The molecule has 0 bridgehead atoms. The normalized spacial score (nSPS) is 23.9. The van der Waals surface area contributed by atoms with Crippen molar-refractivity contribution < 1.29 is 0 Å². The zero-order valence-electron chi connectivity index (χ0n) is 11.5. The van der Waals surface area contributed by atoms with E-state index in [2.05, 4.69) is 43.1 Å². The molecule has 100 valence electrons. The first-order valence-electron chi connectivity index (χ1n) is 7.12. The zero-order valence-corrected chi connectivity index (χ0v) is 12.3. The van der Waals surface area contributed by atoms with Crippen LogP contribution in [-0.4, -0.2) is 13.1 Å². The van der Waals surface area contributed by atoms with Crippen LogP contribution in [0.4, 0.5) is 5.69 Å². The zero-order chi connectivity index (χ0) is 13.0. The number of benzene rings is 1. The van der Waals surface area contributed by atoms with Crippen LogP contribution in [0.3, 0.4) is 0 Å². The molecule has 0 heterocycles. The molecule has 0 aliphatic heterocycles. The van der Waals surface area contributed by atoms with Crippen molar-refractivity contribution >= 4 is 17.3 Å². The van der Waals surface area contributed by atoms with Crippen LogP contribution in [0.2, 0.25) is 0 Å². The number of halogens is 1. The fraction of sp³-hybridized carbons (Fsp3) is 0.625. The lowest BCUT2D eigenvalue weighted by molar-refractivity contribution is 0.313. The topological polar surface area (TPSA) is 3.24 Å². The minimum Gasteiger partial charge on any atom is -0.372 e. The van der Waals surface area contributed by atoms with Gasteiger partial charge >= 0.3 is 0 Å². The molecular weight excluding hydrogens is 242 g/mol. The van der Waals surface area contributed by atoms with E-state index in [9.17, 15) is 0 Å². The summed E-state index contributed by atoms with van der Waals surface area (Å²) in [6.07, 6.45) is 6.82. The van der Waals surface area contributed by atoms with Crippen molar-refractivity contribution in [1.29, 1.82) is 0 Å². The SMILES string of the molecule is CCC1CCC(N(C)c2ccc(CCl)cc2)CC1. The lowest BCUT2D eigenvalue weighted by Crippen LogP contribution is -2.35. The molecule has 0 saturated heterocycles. The highest BCUT2D eigenvalue weighted by Crippen LogP contribution is 2.31. The van der Waals surface area contributed by atoms with Crippen molar-refractivity contribution in [3.63, 3.8) is 0 Å². The van der Waals surface area contributed by atoms with Crippen molar-refractivity contribution in [2.75, 3.05) is 11.9 Å². The van der Waals surface area contributed by atoms with E-state index >= 15 is 0 Å². The molecule has 1 aromatic rings. The second-order valence-electron chi connectivity index (χ2n) is 5.49. The average Bonchev–Trinajstić information content (AvgIpc) is 2.47. The molecule has 1 nitrogen and oxygen atoms in total. The Bertz CT molecular complexity index is 352. The largest absolute Gasteiger partial charge is 0.372 e. The molecule has 0 unspecified atom stereocenters. The molecule has 0 aromatic heterocycles. The fourth-order valence-electron chi connectivity index (χ4n) is 2.97. The second-order valence-corrected chi connectivity index (χ2v) is 5.76. The second kappa shape index (κ2) is 6.47. The fourth-order valence-corrected chi connectivity index (χ4v) is 3.15. The third kappa shape index (κ3) is 3.20. The van der Waals surface area contributed by atoms with E-state index in [1.54, 1.807) is 0 Å². The highest BCUT2D eigenvalue weighted by atomic mass is 35.5. The van der Waals surface area contributed by atoms with E-state index in [0.29, 0.717) is 5.88 Å². The predicted molar refractivity (Wildman–Crippen MR) is 80.4 cm³/mol. The minimum absolute atomic E-state index is 0.603. The van der Waals surface area contributed by atoms with E-state index < -0.39 is 0 Å². The Labute approximate surface area is 116 Å². The Kier molecular flexibility index (Phi) is 4.94. The summed E-state index contributed by atoms with van der Waals surface area (Å²) in [5, 5.41) is 0. The Morgan fingerprint density at radius 3 is 2.22 bits per heavy atom. The van der Waals surface area contributed by atoms with Gasteiger partial charge in [0.2, 0.25) is 0 Å². The first-order chi connectivity index (χ1) is 8.74. The van der Waals surface area contributed by atoms with Gasteiger partial charge in [0.25, 0.3) is 0 Å². The number of nitrogens with zero attached hydrogens (tertiary/aromatic N) is 1. The van der Waals surface area contributed by atoms with E-state index in [1.807, 2.05) is 0 Å². The van der Waals surface area contributed by atoms with Crippen molar-refractivity contribution in [3.8, 4) is 0 Å². The molecule has 2 heteroatoms. The maximum Gasteiger partial charge on any atom is 0.0474 e. The van der Waals surface area contributed by atoms with Crippen LogP contribution in [0.5, 0.6) is 0 Å². The van der Waals surface area contributed by atoms with Gasteiger partial charge in [-0.1, -0.05) is 25.5 Å². The molecule has 1 saturated carbocycles. The molecule has 0 amide bonds. The van der Waals surface area contributed by atoms with Gasteiger partial charge in [-0.15, -0.1) is 11.6 Å².